The maximum absolute atomic E-state index is 12.6. The van der Waals surface area contributed by atoms with Crippen LogP contribution in [0, 0.1) is 5.92 Å². The molecule has 0 aromatic heterocycles. The zero-order chi connectivity index (χ0) is 20.2. The summed E-state index contributed by atoms with van der Waals surface area (Å²) in [7, 11) is 0. The van der Waals surface area contributed by atoms with Gasteiger partial charge in [-0.3, -0.25) is 4.99 Å². The number of halogens is 4. The number of alkyl halides is 3. The van der Waals surface area contributed by atoms with E-state index in [0.29, 0.717) is 38.0 Å². The van der Waals surface area contributed by atoms with Crippen molar-refractivity contribution in [2.45, 2.75) is 32.4 Å². The van der Waals surface area contributed by atoms with Crippen LogP contribution in [0.5, 0.6) is 0 Å². The third-order valence-corrected chi connectivity index (χ3v) is 4.43. The Kier molecular flexibility index (Phi) is 12.6. The number of guanidine groups is 1. The maximum atomic E-state index is 12.6. The van der Waals surface area contributed by atoms with Crippen LogP contribution in [0.25, 0.3) is 0 Å². The molecule has 9 heteroatoms. The Balaban J connectivity index is 0.00000420. The zero-order valence-corrected chi connectivity index (χ0v) is 19.1. The van der Waals surface area contributed by atoms with Crippen molar-refractivity contribution in [2.75, 3.05) is 46.1 Å². The summed E-state index contributed by atoms with van der Waals surface area (Å²) in [6.45, 7) is 7.02. The summed E-state index contributed by atoms with van der Waals surface area (Å²) in [6, 6.07) is 5.27. The molecule has 1 unspecified atom stereocenters. The van der Waals surface area contributed by atoms with Crippen molar-refractivity contribution in [1.82, 2.24) is 10.6 Å². The molecule has 1 aromatic rings. The van der Waals surface area contributed by atoms with Gasteiger partial charge in [0.1, 0.15) is 0 Å². The largest absolute Gasteiger partial charge is 0.416 e. The van der Waals surface area contributed by atoms with Gasteiger partial charge in [-0.25, -0.2) is 0 Å². The van der Waals surface area contributed by atoms with Crippen LogP contribution in [0.3, 0.4) is 0 Å². The van der Waals surface area contributed by atoms with Gasteiger partial charge in [-0.15, -0.1) is 24.0 Å². The fourth-order valence-corrected chi connectivity index (χ4v) is 2.85. The molecule has 0 bridgehead atoms. The van der Waals surface area contributed by atoms with Crippen molar-refractivity contribution < 1.29 is 22.6 Å². The SMILES string of the molecule is CCNC(=NCCCOCC1CCOC1)NCCc1ccc(C(F)(F)F)cc1.I. The first-order valence-electron chi connectivity index (χ1n) is 9.83. The molecule has 166 valence electrons. The molecule has 0 aliphatic carbocycles. The van der Waals surface area contributed by atoms with Crippen molar-refractivity contribution in [3.63, 3.8) is 0 Å². The van der Waals surface area contributed by atoms with E-state index in [1.54, 1.807) is 0 Å². The number of hydrogen-bond donors (Lipinski definition) is 2. The van der Waals surface area contributed by atoms with Gasteiger partial charge >= 0.3 is 6.18 Å². The second-order valence-electron chi connectivity index (χ2n) is 6.79. The molecule has 2 rings (SSSR count). The predicted molar refractivity (Wildman–Crippen MR) is 119 cm³/mol. The van der Waals surface area contributed by atoms with Crippen molar-refractivity contribution in [2.24, 2.45) is 10.9 Å². The highest BCUT2D eigenvalue weighted by atomic mass is 127. The van der Waals surface area contributed by atoms with E-state index in [4.69, 9.17) is 9.47 Å². The van der Waals surface area contributed by atoms with E-state index in [1.165, 1.54) is 12.1 Å². The Morgan fingerprint density at radius 2 is 2.00 bits per heavy atom. The zero-order valence-electron chi connectivity index (χ0n) is 16.8. The van der Waals surface area contributed by atoms with Crippen molar-refractivity contribution in [3.8, 4) is 0 Å². The Morgan fingerprint density at radius 3 is 2.62 bits per heavy atom. The van der Waals surface area contributed by atoms with E-state index in [2.05, 4.69) is 15.6 Å². The molecule has 0 amide bonds. The lowest BCUT2D eigenvalue weighted by Gasteiger charge is -2.12. The molecule has 1 aromatic carbocycles. The monoisotopic (exact) mass is 529 g/mol. The van der Waals surface area contributed by atoms with Gasteiger partial charge < -0.3 is 20.1 Å². The molecule has 1 saturated heterocycles. The predicted octanol–water partition coefficient (Wildman–Crippen LogP) is 3.86. The van der Waals surface area contributed by atoms with Gasteiger partial charge in [-0.05, 0) is 43.9 Å². The van der Waals surface area contributed by atoms with E-state index in [9.17, 15) is 13.2 Å². The van der Waals surface area contributed by atoms with E-state index in [1.807, 2.05) is 6.92 Å². The number of aliphatic imine (C=N–C) groups is 1. The molecule has 1 fully saturated rings. The van der Waals surface area contributed by atoms with Gasteiger partial charge in [0.25, 0.3) is 0 Å². The van der Waals surface area contributed by atoms with E-state index in [-0.39, 0.29) is 24.0 Å². The molecular formula is C20H31F3IN3O2. The Bertz CT molecular complexity index is 592. The van der Waals surface area contributed by atoms with Crippen LogP contribution in [0.4, 0.5) is 13.2 Å². The molecule has 1 aliphatic rings. The van der Waals surface area contributed by atoms with Gasteiger partial charge in [-0.2, -0.15) is 13.2 Å². The van der Waals surface area contributed by atoms with Gasteiger partial charge in [0, 0.05) is 38.8 Å². The number of ether oxygens (including phenoxy) is 2. The van der Waals surface area contributed by atoms with Crippen LogP contribution in [-0.4, -0.2) is 52.0 Å². The maximum Gasteiger partial charge on any atom is 0.416 e. The van der Waals surface area contributed by atoms with E-state index >= 15 is 0 Å². The lowest BCUT2D eigenvalue weighted by Crippen LogP contribution is -2.38. The average molecular weight is 529 g/mol. The van der Waals surface area contributed by atoms with Gasteiger partial charge in [0.15, 0.2) is 5.96 Å². The highest BCUT2D eigenvalue weighted by Gasteiger charge is 2.29. The highest BCUT2D eigenvalue weighted by molar-refractivity contribution is 14.0. The Hall–Kier alpha value is -1.07. The fraction of sp³-hybridized carbons (Fsp3) is 0.650. The third kappa shape index (κ3) is 10.5. The summed E-state index contributed by atoms with van der Waals surface area (Å²) in [5.74, 6) is 1.23. The van der Waals surface area contributed by atoms with E-state index in [0.717, 1.165) is 56.9 Å². The molecular weight excluding hydrogens is 498 g/mol. The first-order valence-corrected chi connectivity index (χ1v) is 9.83. The average Bonchev–Trinajstić information content (AvgIpc) is 3.17. The van der Waals surface area contributed by atoms with Gasteiger partial charge in [0.2, 0.25) is 0 Å². The van der Waals surface area contributed by atoms with Crippen LogP contribution in [0.1, 0.15) is 30.9 Å². The minimum absolute atomic E-state index is 0. The molecule has 1 aliphatic heterocycles. The minimum atomic E-state index is -4.30. The summed E-state index contributed by atoms with van der Waals surface area (Å²) < 4.78 is 48.7. The normalized spacial score (nSPS) is 17.1. The van der Waals surface area contributed by atoms with Crippen LogP contribution in [0.15, 0.2) is 29.3 Å². The molecule has 0 spiro atoms. The Morgan fingerprint density at radius 1 is 1.24 bits per heavy atom. The Labute approximate surface area is 187 Å². The van der Waals surface area contributed by atoms with Crippen LogP contribution in [0.2, 0.25) is 0 Å². The van der Waals surface area contributed by atoms with E-state index < -0.39 is 11.7 Å². The first kappa shape index (κ1) is 26.0. The summed E-state index contributed by atoms with van der Waals surface area (Å²) in [4.78, 5) is 4.50. The number of benzene rings is 1. The quantitative estimate of drug-likeness (QED) is 0.209. The highest BCUT2D eigenvalue weighted by Crippen LogP contribution is 2.29. The topological polar surface area (TPSA) is 54.9 Å². The summed E-state index contributed by atoms with van der Waals surface area (Å²) >= 11 is 0. The van der Waals surface area contributed by atoms with Crippen LogP contribution in [-0.2, 0) is 22.1 Å². The van der Waals surface area contributed by atoms with Crippen LogP contribution >= 0.6 is 24.0 Å². The number of nitrogens with zero attached hydrogens (tertiary/aromatic N) is 1. The van der Waals surface area contributed by atoms with Gasteiger partial charge in [-0.1, -0.05) is 12.1 Å². The standard InChI is InChI=1S/C20H30F3N3O2.HI/c1-2-24-19(25-10-3-12-27-14-17-9-13-28-15-17)26-11-8-16-4-6-18(7-5-16)20(21,22)23;/h4-7,17H,2-3,8-15H2,1H3,(H2,24,25,26);1H. The second kappa shape index (κ2) is 14.0. The summed E-state index contributed by atoms with van der Waals surface area (Å²) in [5.41, 5.74) is 0.224. The minimum Gasteiger partial charge on any atom is -0.381 e. The second-order valence-corrected chi connectivity index (χ2v) is 6.79. The number of nitrogens with one attached hydrogen (secondary N) is 2. The van der Waals surface area contributed by atoms with Crippen molar-refractivity contribution >= 4 is 29.9 Å². The lowest BCUT2D eigenvalue weighted by molar-refractivity contribution is -0.137. The number of hydrogen-bond acceptors (Lipinski definition) is 3. The first-order chi connectivity index (χ1) is 13.5. The summed E-state index contributed by atoms with van der Waals surface area (Å²) in [5, 5.41) is 6.38. The smallest absolute Gasteiger partial charge is 0.381 e. The van der Waals surface area contributed by atoms with Crippen molar-refractivity contribution in [3.05, 3.63) is 35.4 Å². The van der Waals surface area contributed by atoms with Crippen molar-refractivity contribution in [1.29, 1.82) is 0 Å². The van der Waals surface area contributed by atoms with Crippen LogP contribution < -0.4 is 10.6 Å². The third-order valence-electron chi connectivity index (χ3n) is 4.43. The molecule has 1 heterocycles. The molecule has 0 saturated carbocycles. The lowest BCUT2D eigenvalue weighted by atomic mass is 10.1. The molecule has 2 N–H and O–H groups in total. The summed E-state index contributed by atoms with van der Waals surface area (Å²) in [6.07, 6.45) is -1.76. The molecule has 1 atom stereocenters. The number of rotatable bonds is 10. The molecule has 5 nitrogen and oxygen atoms in total. The molecule has 0 radical (unpaired) electrons. The molecule has 29 heavy (non-hydrogen) atoms. The fourth-order valence-electron chi connectivity index (χ4n) is 2.85. The van der Waals surface area contributed by atoms with Gasteiger partial charge in [0.05, 0.1) is 18.8 Å².